The zero-order chi connectivity index (χ0) is 63.0. The number of nitrogens with zero attached hydrogens (tertiary/aromatic N) is 10. The third-order valence-corrected chi connectivity index (χ3v) is 16.3. The molecule has 5 aliphatic heterocycles. The van der Waals surface area contributed by atoms with E-state index in [4.69, 9.17) is 40.3 Å². The molecule has 0 spiro atoms. The summed E-state index contributed by atoms with van der Waals surface area (Å²) in [7, 11) is 8.77. The summed E-state index contributed by atoms with van der Waals surface area (Å²) in [5.74, 6) is 1.76. The van der Waals surface area contributed by atoms with Gasteiger partial charge in [0.05, 0.1) is 83.3 Å². The van der Waals surface area contributed by atoms with Gasteiger partial charge in [-0.25, -0.2) is 0 Å². The fourth-order valence-corrected chi connectivity index (χ4v) is 11.0. The van der Waals surface area contributed by atoms with E-state index >= 15 is 0 Å². The lowest BCUT2D eigenvalue weighted by Crippen LogP contribution is -2.29. The highest BCUT2D eigenvalue weighted by molar-refractivity contribution is 6.30. The maximum absolute atomic E-state index is 12.3. The summed E-state index contributed by atoms with van der Waals surface area (Å²) in [5.41, 5.74) is 46.4. The molecule has 9 aromatic rings. The van der Waals surface area contributed by atoms with E-state index in [2.05, 4.69) is 25.0 Å². The number of hydrogen-bond acceptors (Lipinski definition) is 15. The minimum atomic E-state index is -0.110. The molecule has 10 heterocycles. The Kier molecular flexibility index (Phi) is 17.0. The van der Waals surface area contributed by atoms with Gasteiger partial charge in [0.1, 0.15) is 29.2 Å². The van der Waals surface area contributed by atoms with E-state index in [9.17, 15) is 24.0 Å². The van der Waals surface area contributed by atoms with Gasteiger partial charge in [-0.2, -0.15) is 0 Å². The third kappa shape index (κ3) is 11.7. The first-order valence-corrected chi connectivity index (χ1v) is 28.5. The Morgan fingerprint density at radius 1 is 0.330 bits per heavy atom. The van der Waals surface area contributed by atoms with E-state index in [0.717, 1.165) is 78.5 Å². The second-order valence-corrected chi connectivity index (χ2v) is 22.3. The van der Waals surface area contributed by atoms with Crippen molar-refractivity contribution in [3.05, 3.63) is 263 Å². The molecule has 21 heteroatoms. The smallest absolute Gasteiger partial charge is 0.262 e. The van der Waals surface area contributed by atoms with Crippen molar-refractivity contribution >= 4 is 40.8 Å². The monoisotopic (exact) mass is 1200 g/mol. The summed E-state index contributed by atoms with van der Waals surface area (Å²) in [6.45, 7) is 8.48. The number of aliphatic imine (C=N–C) groups is 5. The number of amidine groups is 5. The highest BCUT2D eigenvalue weighted by Gasteiger charge is 2.25. The largest absolute Gasteiger partial charge is 0.383 e. The molecule has 0 saturated heterocycles. The van der Waals surface area contributed by atoms with Gasteiger partial charge in [-0.05, 0) is 113 Å². The van der Waals surface area contributed by atoms with Gasteiger partial charge in [-0.15, -0.1) is 0 Å². The predicted octanol–water partition coefficient (Wildman–Crippen LogP) is 6.27. The topological polar surface area (TPSA) is 302 Å². The van der Waals surface area contributed by atoms with E-state index in [1.54, 1.807) is 70.2 Å². The lowest BCUT2D eigenvalue weighted by molar-refractivity contribution is 0.810. The first-order chi connectivity index (χ1) is 42.0. The van der Waals surface area contributed by atoms with Crippen LogP contribution >= 0.6 is 11.6 Å². The zero-order valence-corrected chi connectivity index (χ0v) is 50.8. The normalized spacial score (nSPS) is 13.4. The van der Waals surface area contributed by atoms with Crippen LogP contribution in [0.5, 0.6) is 0 Å². The van der Waals surface area contributed by atoms with E-state index in [1.807, 2.05) is 142 Å². The minimum absolute atomic E-state index is 0.0475. The van der Waals surface area contributed by atoms with Crippen molar-refractivity contribution in [3.8, 4) is 45.0 Å². The van der Waals surface area contributed by atoms with Crippen molar-refractivity contribution in [2.75, 3.05) is 0 Å². The number of aryl methyl sites for hydroxylation is 3. The van der Waals surface area contributed by atoms with Crippen LogP contribution in [0.2, 0.25) is 5.02 Å². The lowest BCUT2D eigenvalue weighted by atomic mass is 10.0. The van der Waals surface area contributed by atoms with Crippen molar-refractivity contribution in [1.29, 1.82) is 0 Å². The summed E-state index contributed by atoms with van der Waals surface area (Å²) < 4.78 is 8.08. The molecule has 88 heavy (non-hydrogen) atoms. The van der Waals surface area contributed by atoms with Crippen molar-refractivity contribution < 1.29 is 0 Å². The van der Waals surface area contributed by atoms with Gasteiger partial charge in [0.2, 0.25) is 0 Å². The zero-order valence-electron chi connectivity index (χ0n) is 50.0. The van der Waals surface area contributed by atoms with Gasteiger partial charge < -0.3 is 51.5 Å². The average molecular weight is 1200 g/mol. The second kappa shape index (κ2) is 24.7. The summed E-state index contributed by atoms with van der Waals surface area (Å²) in [4.78, 5) is 81.5. The molecule has 0 amide bonds. The van der Waals surface area contributed by atoms with Crippen LogP contribution in [0.3, 0.4) is 0 Å². The van der Waals surface area contributed by atoms with Crippen molar-refractivity contribution in [3.63, 3.8) is 0 Å². The van der Waals surface area contributed by atoms with Crippen LogP contribution in [0.15, 0.2) is 182 Å². The Morgan fingerprint density at radius 3 is 0.852 bits per heavy atom. The highest BCUT2D eigenvalue weighted by atomic mass is 35.5. The Morgan fingerprint density at radius 2 is 0.568 bits per heavy atom. The molecule has 14 rings (SSSR count). The molecular formula is C67H66ClN15O5. The van der Waals surface area contributed by atoms with Crippen LogP contribution in [-0.2, 0) is 68.0 Å². The predicted molar refractivity (Wildman–Crippen MR) is 352 cm³/mol. The molecule has 0 aliphatic carbocycles. The number of hydrogen-bond donors (Lipinski definition) is 5. The van der Waals surface area contributed by atoms with Crippen molar-refractivity contribution in [2.24, 2.45) is 88.9 Å². The lowest BCUT2D eigenvalue weighted by Gasteiger charge is -2.11. The standard InChI is InChI=1S/2C15H15N3O.C14H12ClN3O.C14H13N3O.C9H11N3O/c2*1-9-3-5-10(6-4-9)12-7-11-8-17-14(16)13(11)15(19)18(12)2;1-18-11(8-2-4-10(15)5-3-8)6-9-7-17-13(16)12(9)14(18)19;1-17-11(9-5-3-2-4-6-9)7-10-8-16-13(15)12(10)14(17)18;1-5-3-6-4-11-8(10)7(6)9(13)12(5)2/h2*3-7H,8H2,1-2H3,(H2,16,17);2-6H,7H2,1H3,(H2,16,17);2-7H,8H2,1H3,(H2,15,16);3H,4H2,1-2H3,(H2,10,11). The van der Waals surface area contributed by atoms with Crippen LogP contribution < -0.4 is 56.5 Å². The maximum Gasteiger partial charge on any atom is 0.262 e. The van der Waals surface area contributed by atoms with Gasteiger partial charge in [0, 0.05) is 46.0 Å². The molecule has 446 valence electrons. The SMILES string of the molecule is Cc1cc2c(c(=O)n1C)C(N)=NC2.Cc1ccc(-c2cc3c(c(=O)n2C)C(N)=NC3)cc1.Cc1ccc(-c2cc3c(c(=O)n2C)C(N)=NC3)cc1.Cn1c(-c2ccc(Cl)cc2)cc2c(c1=O)C(N)=NC2.Cn1c(-c2ccccc2)cc2c(c1=O)C(N)=NC2. The minimum Gasteiger partial charge on any atom is -0.383 e. The van der Waals surface area contributed by atoms with Gasteiger partial charge in [-0.1, -0.05) is 114 Å². The van der Waals surface area contributed by atoms with Crippen LogP contribution in [0.4, 0.5) is 0 Å². The molecule has 0 bridgehead atoms. The van der Waals surface area contributed by atoms with Crippen molar-refractivity contribution in [2.45, 2.75) is 53.5 Å². The summed E-state index contributed by atoms with van der Waals surface area (Å²) in [5, 5.41) is 0.669. The van der Waals surface area contributed by atoms with Crippen LogP contribution in [0, 0.1) is 20.8 Å². The molecule has 10 N–H and O–H groups in total. The summed E-state index contributed by atoms with van der Waals surface area (Å²) in [6, 6.07) is 43.4. The van der Waals surface area contributed by atoms with Gasteiger partial charge in [0.25, 0.3) is 27.8 Å². The number of rotatable bonds is 4. The van der Waals surface area contributed by atoms with Gasteiger partial charge >= 0.3 is 0 Å². The number of aromatic nitrogens is 5. The van der Waals surface area contributed by atoms with Gasteiger partial charge in [0.15, 0.2) is 0 Å². The van der Waals surface area contributed by atoms with Crippen molar-refractivity contribution in [1.82, 2.24) is 22.8 Å². The number of pyridine rings is 5. The van der Waals surface area contributed by atoms with Crippen LogP contribution in [0.1, 0.15) is 72.5 Å². The molecule has 20 nitrogen and oxygen atoms in total. The Balaban J connectivity index is 0.000000122. The Bertz CT molecular complexity index is 4470. The summed E-state index contributed by atoms with van der Waals surface area (Å²) in [6.07, 6.45) is 0. The van der Waals surface area contributed by atoms with E-state index in [0.29, 0.717) is 94.7 Å². The Hall–Kier alpha value is -10.7. The van der Waals surface area contributed by atoms with Crippen LogP contribution in [0.25, 0.3) is 45.0 Å². The quantitative estimate of drug-likeness (QED) is 0.132. The molecule has 4 aromatic carbocycles. The Labute approximate surface area is 511 Å². The molecule has 0 saturated carbocycles. The molecule has 5 aromatic heterocycles. The van der Waals surface area contributed by atoms with Crippen LogP contribution in [-0.4, -0.2) is 52.0 Å². The number of benzene rings is 4. The fourth-order valence-electron chi connectivity index (χ4n) is 10.9. The maximum atomic E-state index is 12.3. The fraction of sp³-hybridized carbons (Fsp3) is 0.194. The number of fused-ring (bicyclic) bond motifs is 5. The average Bonchev–Trinajstić information content (AvgIpc) is 1.95. The molecular weight excluding hydrogens is 1130 g/mol. The molecule has 5 aliphatic rings. The molecule has 0 radical (unpaired) electrons. The van der Waals surface area contributed by atoms with E-state index < -0.39 is 0 Å². The number of nitrogens with two attached hydrogens (primary N) is 5. The second-order valence-electron chi connectivity index (χ2n) is 21.8. The van der Waals surface area contributed by atoms with Gasteiger partial charge in [-0.3, -0.25) is 48.9 Å². The first kappa shape index (κ1) is 60.4. The van der Waals surface area contributed by atoms with E-state index in [-0.39, 0.29) is 27.8 Å². The summed E-state index contributed by atoms with van der Waals surface area (Å²) >= 11 is 5.88. The van der Waals surface area contributed by atoms with E-state index in [1.165, 1.54) is 11.1 Å². The molecule has 0 fully saturated rings. The first-order valence-electron chi connectivity index (χ1n) is 28.1. The number of halogens is 1. The third-order valence-electron chi connectivity index (χ3n) is 16.1. The molecule has 0 unspecified atom stereocenters. The molecule has 0 atom stereocenters. The highest BCUT2D eigenvalue weighted by Crippen LogP contribution is 2.28.